The molecular weight excluding hydrogens is 330 g/mol. The summed E-state index contributed by atoms with van der Waals surface area (Å²) in [6.45, 7) is 0.600. The number of halogens is 1. The van der Waals surface area contributed by atoms with E-state index in [1.807, 2.05) is 36.4 Å². The molecule has 3 rings (SSSR count). The van der Waals surface area contributed by atoms with Crippen molar-refractivity contribution in [2.45, 2.75) is 6.54 Å². The Hall–Kier alpha value is -2.27. The third-order valence-corrected chi connectivity index (χ3v) is 3.92. The first kappa shape index (κ1) is 13.7. The monoisotopic (exact) mass is 341 g/mol. The van der Waals surface area contributed by atoms with Crippen LogP contribution in [-0.4, -0.2) is 21.1 Å². The molecule has 0 unspecified atom stereocenters. The molecule has 1 aromatic carbocycles. The van der Waals surface area contributed by atoms with Crippen molar-refractivity contribution in [3.8, 4) is 11.3 Å². The molecule has 3 aromatic rings. The van der Waals surface area contributed by atoms with Gasteiger partial charge in [0.2, 0.25) is 0 Å². The minimum atomic E-state index is 0.565. The molecule has 0 bridgehead atoms. The largest absolute Gasteiger partial charge is 0.298 e. The first-order chi connectivity index (χ1) is 10.3. The second-order valence-electron chi connectivity index (χ2n) is 4.58. The van der Waals surface area contributed by atoms with Crippen molar-refractivity contribution in [3.05, 3.63) is 70.6 Å². The average Bonchev–Trinajstić information content (AvgIpc) is 2.93. The zero-order valence-electron chi connectivity index (χ0n) is 11.1. The van der Waals surface area contributed by atoms with Crippen LogP contribution in [0.3, 0.4) is 0 Å². The van der Waals surface area contributed by atoms with Crippen LogP contribution in [0.4, 0.5) is 0 Å². The minimum absolute atomic E-state index is 0.565. The quantitative estimate of drug-likeness (QED) is 0.681. The number of aromatic nitrogens is 3. The number of carbonyl (C=O) groups excluding carboxylic acids is 1. The van der Waals surface area contributed by atoms with Crippen molar-refractivity contribution in [1.82, 2.24) is 14.8 Å². The van der Waals surface area contributed by atoms with Gasteiger partial charge in [-0.1, -0.05) is 34.1 Å². The lowest BCUT2D eigenvalue weighted by Crippen LogP contribution is -2.01. The molecule has 21 heavy (non-hydrogen) atoms. The first-order valence-electron chi connectivity index (χ1n) is 6.44. The highest BCUT2D eigenvalue weighted by Gasteiger charge is 2.11. The number of aldehydes is 1. The molecule has 0 aliphatic rings. The lowest BCUT2D eigenvalue weighted by atomic mass is 10.1. The number of hydrogen-bond acceptors (Lipinski definition) is 3. The fourth-order valence-corrected chi connectivity index (χ4v) is 2.54. The van der Waals surface area contributed by atoms with E-state index in [9.17, 15) is 4.79 Å². The molecule has 2 aromatic heterocycles. The molecule has 0 saturated carbocycles. The van der Waals surface area contributed by atoms with E-state index in [0.29, 0.717) is 17.8 Å². The molecule has 0 fully saturated rings. The summed E-state index contributed by atoms with van der Waals surface area (Å²) in [7, 11) is 0. The number of rotatable bonds is 4. The molecule has 0 atom stereocenters. The lowest BCUT2D eigenvalue weighted by molar-refractivity contribution is 0.112. The van der Waals surface area contributed by atoms with Crippen LogP contribution >= 0.6 is 15.9 Å². The Morgan fingerprint density at radius 2 is 2.05 bits per heavy atom. The van der Waals surface area contributed by atoms with E-state index in [0.717, 1.165) is 21.9 Å². The van der Waals surface area contributed by atoms with Crippen LogP contribution in [0, 0.1) is 0 Å². The molecule has 0 aliphatic carbocycles. The Morgan fingerprint density at radius 3 is 2.76 bits per heavy atom. The second-order valence-corrected chi connectivity index (χ2v) is 5.44. The summed E-state index contributed by atoms with van der Waals surface area (Å²) in [5.74, 6) is 0. The van der Waals surface area contributed by atoms with Gasteiger partial charge in [-0.15, -0.1) is 0 Å². The van der Waals surface area contributed by atoms with Crippen molar-refractivity contribution in [3.63, 3.8) is 0 Å². The summed E-state index contributed by atoms with van der Waals surface area (Å²) in [6, 6.07) is 11.7. The maximum Gasteiger partial charge on any atom is 0.153 e. The van der Waals surface area contributed by atoms with Crippen LogP contribution in [0.15, 0.2) is 59.5 Å². The Balaban J connectivity index is 1.97. The Labute approximate surface area is 130 Å². The zero-order valence-corrected chi connectivity index (χ0v) is 12.7. The molecule has 0 saturated heterocycles. The molecule has 0 spiro atoms. The molecule has 0 amide bonds. The SMILES string of the molecule is O=Cc1cn(Cc2ccccc2Br)nc1-c1cccnc1. The van der Waals surface area contributed by atoms with Crippen molar-refractivity contribution in [2.75, 3.05) is 0 Å². The van der Waals surface area contributed by atoms with Gasteiger partial charge in [-0.05, 0) is 23.8 Å². The van der Waals surface area contributed by atoms with E-state index in [1.165, 1.54) is 0 Å². The smallest absolute Gasteiger partial charge is 0.153 e. The summed E-state index contributed by atoms with van der Waals surface area (Å²) in [5, 5.41) is 4.51. The summed E-state index contributed by atoms with van der Waals surface area (Å²) < 4.78 is 2.79. The van der Waals surface area contributed by atoms with Gasteiger partial charge in [0.15, 0.2) is 6.29 Å². The van der Waals surface area contributed by atoms with E-state index >= 15 is 0 Å². The van der Waals surface area contributed by atoms with Crippen LogP contribution in [-0.2, 0) is 6.54 Å². The fraction of sp³-hybridized carbons (Fsp3) is 0.0625. The normalized spacial score (nSPS) is 10.5. The third-order valence-electron chi connectivity index (χ3n) is 3.14. The Morgan fingerprint density at radius 1 is 1.19 bits per heavy atom. The molecule has 4 nitrogen and oxygen atoms in total. The maximum absolute atomic E-state index is 11.3. The third kappa shape index (κ3) is 2.92. The van der Waals surface area contributed by atoms with Crippen LogP contribution in [0.25, 0.3) is 11.3 Å². The van der Waals surface area contributed by atoms with Crippen LogP contribution in [0.5, 0.6) is 0 Å². The van der Waals surface area contributed by atoms with Gasteiger partial charge in [0.25, 0.3) is 0 Å². The molecule has 0 radical (unpaired) electrons. The highest BCUT2D eigenvalue weighted by atomic mass is 79.9. The molecule has 0 N–H and O–H groups in total. The van der Waals surface area contributed by atoms with Gasteiger partial charge in [-0.2, -0.15) is 5.10 Å². The van der Waals surface area contributed by atoms with Gasteiger partial charge in [0.1, 0.15) is 5.69 Å². The van der Waals surface area contributed by atoms with E-state index < -0.39 is 0 Å². The predicted octanol–water partition coefficient (Wildman–Crippen LogP) is 3.57. The van der Waals surface area contributed by atoms with E-state index in [1.54, 1.807) is 23.3 Å². The van der Waals surface area contributed by atoms with E-state index in [-0.39, 0.29) is 0 Å². The van der Waals surface area contributed by atoms with Gasteiger partial charge in [0, 0.05) is 28.6 Å². The summed E-state index contributed by atoms with van der Waals surface area (Å²) >= 11 is 3.52. The predicted molar refractivity (Wildman–Crippen MR) is 84.1 cm³/mol. The lowest BCUT2D eigenvalue weighted by Gasteiger charge is -2.04. The van der Waals surface area contributed by atoms with Crippen molar-refractivity contribution >= 4 is 22.2 Å². The van der Waals surface area contributed by atoms with E-state index in [4.69, 9.17) is 0 Å². The van der Waals surface area contributed by atoms with Gasteiger partial charge in [0.05, 0.1) is 12.1 Å². The fourth-order valence-electron chi connectivity index (χ4n) is 2.13. The highest BCUT2D eigenvalue weighted by Crippen LogP contribution is 2.22. The highest BCUT2D eigenvalue weighted by molar-refractivity contribution is 9.10. The molecule has 104 valence electrons. The molecule has 0 aliphatic heterocycles. The Bertz CT molecular complexity index is 768. The second kappa shape index (κ2) is 6.01. The molecule has 5 heteroatoms. The first-order valence-corrected chi connectivity index (χ1v) is 7.23. The average molecular weight is 342 g/mol. The Kier molecular flexibility index (Phi) is 3.92. The summed E-state index contributed by atoms with van der Waals surface area (Å²) in [5.41, 5.74) is 3.17. The van der Waals surface area contributed by atoms with Crippen molar-refractivity contribution in [2.24, 2.45) is 0 Å². The van der Waals surface area contributed by atoms with Gasteiger partial charge in [-0.3, -0.25) is 14.5 Å². The summed E-state index contributed by atoms with van der Waals surface area (Å²) in [4.78, 5) is 15.3. The number of nitrogens with zero attached hydrogens (tertiary/aromatic N) is 3. The molecule has 2 heterocycles. The molecular formula is C16H12BrN3O. The zero-order chi connectivity index (χ0) is 14.7. The van der Waals surface area contributed by atoms with Gasteiger partial charge in [-0.25, -0.2) is 0 Å². The van der Waals surface area contributed by atoms with Crippen LogP contribution < -0.4 is 0 Å². The maximum atomic E-state index is 11.3. The summed E-state index contributed by atoms with van der Waals surface area (Å²) in [6.07, 6.45) is 5.99. The van der Waals surface area contributed by atoms with Crippen LogP contribution in [0.2, 0.25) is 0 Å². The number of carbonyl (C=O) groups is 1. The number of hydrogen-bond donors (Lipinski definition) is 0. The number of benzene rings is 1. The van der Waals surface area contributed by atoms with E-state index in [2.05, 4.69) is 26.0 Å². The topological polar surface area (TPSA) is 47.8 Å². The van der Waals surface area contributed by atoms with Gasteiger partial charge < -0.3 is 0 Å². The van der Waals surface area contributed by atoms with Crippen molar-refractivity contribution in [1.29, 1.82) is 0 Å². The van der Waals surface area contributed by atoms with Crippen molar-refractivity contribution < 1.29 is 4.79 Å². The van der Waals surface area contributed by atoms with Crippen LogP contribution in [0.1, 0.15) is 15.9 Å². The van der Waals surface area contributed by atoms with Gasteiger partial charge >= 0.3 is 0 Å². The minimum Gasteiger partial charge on any atom is -0.298 e. The standard InChI is InChI=1S/C16H12BrN3O/c17-15-6-2-1-4-13(15)9-20-10-14(11-21)16(19-20)12-5-3-7-18-8-12/h1-8,10-11H,9H2. The number of pyridine rings is 1.